The molecule has 0 bridgehead atoms. The Hall–Kier alpha value is -5.33. The van der Waals surface area contributed by atoms with Crippen molar-refractivity contribution >= 4 is 51.7 Å². The van der Waals surface area contributed by atoms with Gasteiger partial charge in [0.1, 0.15) is 5.00 Å². The van der Waals surface area contributed by atoms with Gasteiger partial charge in [-0.3, -0.25) is 24.1 Å². The van der Waals surface area contributed by atoms with E-state index in [4.69, 9.17) is 9.47 Å². The Kier molecular flexibility index (Phi) is 16.2. The van der Waals surface area contributed by atoms with E-state index in [0.29, 0.717) is 53.6 Å². The summed E-state index contributed by atoms with van der Waals surface area (Å²) in [7, 11) is 3.12. The minimum absolute atomic E-state index is 0.0651. The number of methoxy groups -OCH3 is 1. The summed E-state index contributed by atoms with van der Waals surface area (Å²) in [5.74, 6) is -1.35. The normalized spacial score (nSPS) is 12.7. The number of aryl methyl sites for hydroxylation is 3. The predicted molar refractivity (Wildman–Crippen MR) is 229 cm³/mol. The van der Waals surface area contributed by atoms with Crippen LogP contribution in [-0.2, 0) is 51.3 Å². The van der Waals surface area contributed by atoms with E-state index >= 15 is 0 Å². The number of amides is 3. The average Bonchev–Trinajstić information content (AvgIpc) is 3.61. The van der Waals surface area contributed by atoms with Crippen LogP contribution in [0.1, 0.15) is 111 Å². The average molecular weight is 809 g/mol. The number of likely N-dealkylation sites (N-methyl/N-ethyl adjacent to an activating group) is 1. The van der Waals surface area contributed by atoms with Crippen LogP contribution in [0.2, 0.25) is 0 Å². The molecule has 0 saturated carbocycles. The lowest BCUT2D eigenvalue weighted by Crippen LogP contribution is -2.40. The molecule has 0 unspecified atom stereocenters. The minimum atomic E-state index is -0.370. The first-order valence-corrected chi connectivity index (χ1v) is 21.1. The number of carbonyl (C=O) groups is 5. The maximum Gasteiger partial charge on any atom is 0.337 e. The summed E-state index contributed by atoms with van der Waals surface area (Å²) in [5.41, 5.74) is 6.45. The monoisotopic (exact) mass is 808 g/mol. The van der Waals surface area contributed by atoms with Gasteiger partial charge in [-0.1, -0.05) is 43.3 Å². The second-order valence-corrected chi connectivity index (χ2v) is 15.9. The van der Waals surface area contributed by atoms with E-state index in [9.17, 15) is 24.0 Å². The SMILES string of the molecule is CCOC(=O)CCC(=O)N(C)CCN(Cc1cccc(C(=O)Nc2sc3c(c2C(=O)Nc2ccc(CCc4ccc(C(=O)OC)cc4)cc2)CCCC3)c1)[C@H](C)CC. The molecule has 1 aromatic heterocycles. The lowest BCUT2D eigenvalue weighted by molar-refractivity contribution is -0.145. The van der Waals surface area contributed by atoms with Crippen molar-refractivity contribution in [3.63, 3.8) is 0 Å². The molecular formula is C46H56N4O7S. The molecule has 3 amide bonds. The summed E-state index contributed by atoms with van der Waals surface area (Å²) in [6.07, 6.45) is 6.39. The molecule has 0 aliphatic heterocycles. The fourth-order valence-electron chi connectivity index (χ4n) is 7.03. The summed E-state index contributed by atoms with van der Waals surface area (Å²) in [4.78, 5) is 69.0. The van der Waals surface area contributed by atoms with Crippen LogP contribution in [0.15, 0.2) is 72.8 Å². The van der Waals surface area contributed by atoms with Crippen molar-refractivity contribution in [3.05, 3.63) is 117 Å². The van der Waals surface area contributed by atoms with Gasteiger partial charge < -0.3 is 25.0 Å². The van der Waals surface area contributed by atoms with Gasteiger partial charge in [-0.05, 0) is 117 Å². The number of thiophene rings is 1. The molecule has 2 N–H and O–H groups in total. The maximum atomic E-state index is 14.0. The van der Waals surface area contributed by atoms with Crippen molar-refractivity contribution in [1.82, 2.24) is 9.80 Å². The number of fused-ring (bicyclic) bond motifs is 1. The number of hydrogen-bond donors (Lipinski definition) is 2. The zero-order chi connectivity index (χ0) is 41.6. The molecule has 0 spiro atoms. The third-order valence-electron chi connectivity index (χ3n) is 10.7. The van der Waals surface area contributed by atoms with Gasteiger partial charge in [-0.2, -0.15) is 0 Å². The van der Waals surface area contributed by atoms with E-state index in [2.05, 4.69) is 29.4 Å². The van der Waals surface area contributed by atoms with Crippen molar-refractivity contribution in [1.29, 1.82) is 0 Å². The number of benzene rings is 3. The molecule has 0 saturated heterocycles. The van der Waals surface area contributed by atoms with E-state index in [1.807, 2.05) is 54.6 Å². The lowest BCUT2D eigenvalue weighted by Gasteiger charge is -2.30. The zero-order valence-electron chi connectivity index (χ0n) is 34.4. The topological polar surface area (TPSA) is 134 Å². The number of nitrogens with one attached hydrogen (secondary N) is 2. The van der Waals surface area contributed by atoms with E-state index in [1.54, 1.807) is 37.1 Å². The van der Waals surface area contributed by atoms with Crippen molar-refractivity contribution < 1.29 is 33.4 Å². The molecule has 1 heterocycles. The Morgan fingerprint density at radius 1 is 0.793 bits per heavy atom. The fourth-order valence-corrected chi connectivity index (χ4v) is 8.31. The van der Waals surface area contributed by atoms with Gasteiger partial charge in [0.2, 0.25) is 5.91 Å². The summed E-state index contributed by atoms with van der Waals surface area (Å²) < 4.78 is 9.74. The number of ether oxygens (including phenoxy) is 2. The molecule has 1 aliphatic carbocycles. The molecule has 12 heteroatoms. The van der Waals surface area contributed by atoms with Crippen LogP contribution in [0.4, 0.5) is 10.7 Å². The quantitative estimate of drug-likeness (QED) is 0.0909. The van der Waals surface area contributed by atoms with Gasteiger partial charge in [-0.15, -0.1) is 11.3 Å². The van der Waals surface area contributed by atoms with Crippen LogP contribution < -0.4 is 10.6 Å². The molecule has 0 fully saturated rings. The van der Waals surface area contributed by atoms with Gasteiger partial charge in [0, 0.05) is 55.3 Å². The van der Waals surface area contributed by atoms with Gasteiger partial charge in [-0.25, -0.2) is 4.79 Å². The first-order chi connectivity index (χ1) is 28.0. The number of carbonyl (C=O) groups excluding carboxylic acids is 5. The van der Waals surface area contributed by atoms with Crippen LogP contribution in [0.5, 0.6) is 0 Å². The molecule has 0 radical (unpaired) electrons. The van der Waals surface area contributed by atoms with Gasteiger partial charge >= 0.3 is 11.9 Å². The Labute approximate surface area is 346 Å². The summed E-state index contributed by atoms with van der Waals surface area (Å²) >= 11 is 1.49. The van der Waals surface area contributed by atoms with Gasteiger partial charge in [0.15, 0.2) is 0 Å². The molecule has 1 aliphatic rings. The van der Waals surface area contributed by atoms with Crippen molar-refractivity contribution in [3.8, 4) is 0 Å². The van der Waals surface area contributed by atoms with Crippen LogP contribution in [0, 0.1) is 0 Å². The third kappa shape index (κ3) is 12.1. The minimum Gasteiger partial charge on any atom is -0.466 e. The van der Waals surface area contributed by atoms with Crippen molar-refractivity contribution in [2.75, 3.05) is 44.5 Å². The van der Waals surface area contributed by atoms with Crippen LogP contribution in [0.25, 0.3) is 0 Å². The highest BCUT2D eigenvalue weighted by atomic mass is 32.1. The van der Waals surface area contributed by atoms with Crippen LogP contribution in [-0.4, -0.2) is 79.4 Å². The molecule has 5 rings (SSSR count). The molecule has 1 atom stereocenters. The number of nitrogens with zero attached hydrogens (tertiary/aromatic N) is 2. The molecular weight excluding hydrogens is 753 g/mol. The molecule has 4 aromatic rings. The molecule has 58 heavy (non-hydrogen) atoms. The molecule has 3 aromatic carbocycles. The van der Waals surface area contributed by atoms with E-state index in [-0.39, 0.29) is 48.5 Å². The Morgan fingerprint density at radius 3 is 2.16 bits per heavy atom. The standard InChI is InChI=1S/C46H56N4O7S/c1-6-31(3)50(28-27-49(4)40(51)25-26-41(52)57-7-2)30-34-11-10-12-36(29-34)43(53)48-45-42(38-13-8-9-14-39(38)58-45)44(54)47-37-23-19-33(20-24-37)16-15-32-17-21-35(22-18-32)46(55)56-5/h10-12,17-24,29,31H,6-9,13-16,25-28,30H2,1-5H3,(H,47,54)(H,48,53)/t31-/m1/s1. The van der Waals surface area contributed by atoms with E-state index in [0.717, 1.165) is 72.1 Å². The second kappa shape index (κ2) is 21.4. The summed E-state index contributed by atoms with van der Waals surface area (Å²) in [6, 6.07) is 23.0. The summed E-state index contributed by atoms with van der Waals surface area (Å²) in [5, 5.41) is 6.75. The lowest BCUT2D eigenvalue weighted by atomic mass is 9.95. The largest absolute Gasteiger partial charge is 0.466 e. The van der Waals surface area contributed by atoms with E-state index in [1.165, 1.54) is 18.4 Å². The fraction of sp³-hybridized carbons (Fsp3) is 0.413. The van der Waals surface area contributed by atoms with Crippen LogP contribution >= 0.6 is 11.3 Å². The second-order valence-electron chi connectivity index (χ2n) is 14.8. The zero-order valence-corrected chi connectivity index (χ0v) is 35.2. The highest BCUT2D eigenvalue weighted by molar-refractivity contribution is 7.17. The van der Waals surface area contributed by atoms with E-state index < -0.39 is 0 Å². The third-order valence-corrected chi connectivity index (χ3v) is 11.9. The maximum absolute atomic E-state index is 14.0. The number of hydrogen-bond acceptors (Lipinski definition) is 9. The molecule has 11 nitrogen and oxygen atoms in total. The Bertz CT molecular complexity index is 2040. The van der Waals surface area contributed by atoms with Crippen molar-refractivity contribution in [2.45, 2.75) is 91.1 Å². The van der Waals surface area contributed by atoms with Gasteiger partial charge in [0.25, 0.3) is 11.8 Å². The summed E-state index contributed by atoms with van der Waals surface area (Å²) in [6.45, 7) is 8.03. The van der Waals surface area contributed by atoms with Crippen LogP contribution in [0.3, 0.4) is 0 Å². The Morgan fingerprint density at radius 2 is 1.48 bits per heavy atom. The number of esters is 2. The van der Waals surface area contributed by atoms with Gasteiger partial charge in [0.05, 0.1) is 31.3 Å². The highest BCUT2D eigenvalue weighted by Gasteiger charge is 2.27. The first kappa shape index (κ1) is 43.8. The predicted octanol–water partition coefficient (Wildman–Crippen LogP) is 8.11. The highest BCUT2D eigenvalue weighted by Crippen LogP contribution is 2.39. The number of anilines is 2. The number of rotatable bonds is 19. The van der Waals surface area contributed by atoms with Crippen molar-refractivity contribution in [2.24, 2.45) is 0 Å². The first-order valence-electron chi connectivity index (χ1n) is 20.3. The molecule has 308 valence electrons. The smallest absolute Gasteiger partial charge is 0.337 e. The Balaban J connectivity index is 1.22.